The van der Waals surface area contributed by atoms with Crippen LogP contribution in [0, 0.1) is 0 Å². The maximum absolute atomic E-state index is 11.5. The first-order chi connectivity index (χ1) is 8.65. The summed E-state index contributed by atoms with van der Waals surface area (Å²) in [5, 5.41) is 0. The van der Waals surface area contributed by atoms with Gasteiger partial charge in [-0.05, 0) is 43.7 Å². The van der Waals surface area contributed by atoms with Crippen LogP contribution in [0.2, 0.25) is 0 Å². The van der Waals surface area contributed by atoms with Crippen molar-refractivity contribution in [2.24, 2.45) is 0 Å². The van der Waals surface area contributed by atoms with Gasteiger partial charge in [0.2, 0.25) is 0 Å². The Balaban J connectivity index is 2.27. The third-order valence-corrected chi connectivity index (χ3v) is 3.10. The molecule has 0 N–H and O–H groups in total. The van der Waals surface area contributed by atoms with E-state index in [1.807, 2.05) is 43.5 Å². The largest absolute Gasteiger partial charge is 0.497 e. The fourth-order valence-corrected chi connectivity index (χ4v) is 2.06. The third kappa shape index (κ3) is 2.30. The standard InChI is InChI=1S/C15H17NO2/c1-4-12-9-16(10-15(12)11(2)17)13-5-7-14(18-3)8-6-13/h4-8,10H,9H2,1-3H3/b12-4+. The van der Waals surface area contributed by atoms with Crippen molar-refractivity contribution in [2.45, 2.75) is 13.8 Å². The number of rotatable bonds is 3. The molecule has 3 heteroatoms. The Morgan fingerprint density at radius 2 is 2.00 bits per heavy atom. The van der Waals surface area contributed by atoms with E-state index < -0.39 is 0 Å². The van der Waals surface area contributed by atoms with Crippen LogP contribution in [0.4, 0.5) is 5.69 Å². The minimum atomic E-state index is 0.110. The van der Waals surface area contributed by atoms with E-state index in [1.54, 1.807) is 14.0 Å². The van der Waals surface area contributed by atoms with E-state index in [2.05, 4.69) is 4.90 Å². The van der Waals surface area contributed by atoms with Gasteiger partial charge in [-0.3, -0.25) is 4.79 Å². The molecule has 0 saturated heterocycles. The number of hydrogen-bond acceptors (Lipinski definition) is 3. The first kappa shape index (κ1) is 12.4. The average Bonchev–Trinajstić information content (AvgIpc) is 2.83. The van der Waals surface area contributed by atoms with E-state index in [1.165, 1.54) is 0 Å². The number of nitrogens with zero attached hydrogens (tertiary/aromatic N) is 1. The molecule has 0 bridgehead atoms. The third-order valence-electron chi connectivity index (χ3n) is 3.10. The van der Waals surface area contributed by atoms with Gasteiger partial charge in [-0.15, -0.1) is 0 Å². The van der Waals surface area contributed by atoms with Crippen molar-refractivity contribution in [1.82, 2.24) is 0 Å². The molecule has 2 rings (SSSR count). The molecule has 1 aromatic rings. The Hall–Kier alpha value is -2.03. The van der Waals surface area contributed by atoms with Crippen molar-refractivity contribution in [1.29, 1.82) is 0 Å². The highest BCUT2D eigenvalue weighted by Gasteiger charge is 2.21. The van der Waals surface area contributed by atoms with Crippen molar-refractivity contribution in [2.75, 3.05) is 18.6 Å². The molecule has 0 saturated carbocycles. The summed E-state index contributed by atoms with van der Waals surface area (Å²) in [4.78, 5) is 13.6. The fourth-order valence-electron chi connectivity index (χ4n) is 2.06. The van der Waals surface area contributed by atoms with Gasteiger partial charge in [-0.25, -0.2) is 0 Å². The summed E-state index contributed by atoms with van der Waals surface area (Å²) >= 11 is 0. The summed E-state index contributed by atoms with van der Waals surface area (Å²) in [5.41, 5.74) is 2.94. The van der Waals surface area contributed by atoms with Crippen LogP contribution >= 0.6 is 0 Å². The Morgan fingerprint density at radius 3 is 2.44 bits per heavy atom. The SMILES string of the molecule is C/C=C1\CN(c2ccc(OC)cc2)C=C1C(C)=O. The molecule has 18 heavy (non-hydrogen) atoms. The van der Waals surface area contributed by atoms with E-state index in [0.717, 1.165) is 29.1 Å². The van der Waals surface area contributed by atoms with E-state index in [4.69, 9.17) is 4.74 Å². The number of carbonyl (C=O) groups is 1. The van der Waals surface area contributed by atoms with Gasteiger partial charge in [0.1, 0.15) is 5.75 Å². The van der Waals surface area contributed by atoms with E-state index in [9.17, 15) is 4.79 Å². The molecular formula is C15H17NO2. The van der Waals surface area contributed by atoms with Gasteiger partial charge < -0.3 is 9.64 Å². The normalized spacial score (nSPS) is 16.9. The van der Waals surface area contributed by atoms with Crippen molar-refractivity contribution in [3.8, 4) is 5.75 Å². The molecule has 1 aromatic carbocycles. The van der Waals surface area contributed by atoms with Crippen molar-refractivity contribution in [3.05, 3.63) is 47.7 Å². The number of benzene rings is 1. The number of Topliss-reactive ketones (excluding diaryl/α,β-unsaturated/α-hetero) is 1. The number of ketones is 1. The molecule has 0 fully saturated rings. The Labute approximate surface area is 107 Å². The Bertz CT molecular complexity index is 512. The molecule has 0 atom stereocenters. The Morgan fingerprint density at radius 1 is 1.33 bits per heavy atom. The predicted molar refractivity (Wildman–Crippen MR) is 72.9 cm³/mol. The van der Waals surface area contributed by atoms with Crippen molar-refractivity contribution in [3.63, 3.8) is 0 Å². The van der Waals surface area contributed by atoms with E-state index in [-0.39, 0.29) is 5.78 Å². The predicted octanol–water partition coefficient (Wildman–Crippen LogP) is 2.93. The minimum absolute atomic E-state index is 0.110. The highest BCUT2D eigenvalue weighted by molar-refractivity contribution is 5.99. The lowest BCUT2D eigenvalue weighted by molar-refractivity contribution is -0.113. The zero-order valence-corrected chi connectivity index (χ0v) is 10.9. The maximum Gasteiger partial charge on any atom is 0.161 e. The molecule has 94 valence electrons. The summed E-state index contributed by atoms with van der Waals surface area (Å²) in [7, 11) is 1.65. The molecule has 1 aliphatic rings. The minimum Gasteiger partial charge on any atom is -0.497 e. The second-order valence-electron chi connectivity index (χ2n) is 4.24. The first-order valence-corrected chi connectivity index (χ1v) is 5.94. The van der Waals surface area contributed by atoms with Crippen LogP contribution in [0.25, 0.3) is 0 Å². The van der Waals surface area contributed by atoms with E-state index >= 15 is 0 Å². The highest BCUT2D eigenvalue weighted by atomic mass is 16.5. The van der Waals surface area contributed by atoms with Gasteiger partial charge >= 0.3 is 0 Å². The summed E-state index contributed by atoms with van der Waals surface area (Å²) in [6, 6.07) is 7.83. The zero-order valence-electron chi connectivity index (χ0n) is 10.9. The smallest absolute Gasteiger partial charge is 0.161 e. The van der Waals surface area contributed by atoms with Crippen LogP contribution < -0.4 is 9.64 Å². The van der Waals surface area contributed by atoms with Crippen LogP contribution in [0.15, 0.2) is 47.7 Å². The molecule has 0 unspecified atom stereocenters. The lowest BCUT2D eigenvalue weighted by atomic mass is 10.1. The number of methoxy groups -OCH3 is 1. The molecule has 0 spiro atoms. The van der Waals surface area contributed by atoms with E-state index in [0.29, 0.717) is 0 Å². The fraction of sp³-hybridized carbons (Fsp3) is 0.267. The summed E-state index contributed by atoms with van der Waals surface area (Å²) in [5.74, 6) is 0.944. The molecule has 0 radical (unpaired) electrons. The van der Waals surface area contributed by atoms with Crippen LogP contribution in [-0.2, 0) is 4.79 Å². The number of anilines is 1. The van der Waals surface area contributed by atoms with Crippen LogP contribution in [0.5, 0.6) is 5.75 Å². The highest BCUT2D eigenvalue weighted by Crippen LogP contribution is 2.28. The van der Waals surface area contributed by atoms with Crippen LogP contribution in [0.3, 0.4) is 0 Å². The maximum atomic E-state index is 11.5. The summed E-state index contributed by atoms with van der Waals surface area (Å²) in [6.07, 6.45) is 3.91. The van der Waals surface area contributed by atoms with Crippen molar-refractivity contribution >= 4 is 11.5 Å². The van der Waals surface area contributed by atoms with Crippen LogP contribution in [-0.4, -0.2) is 19.4 Å². The molecule has 1 aliphatic heterocycles. The molecule has 0 aliphatic carbocycles. The van der Waals surface area contributed by atoms with Gasteiger partial charge in [-0.1, -0.05) is 6.08 Å². The zero-order chi connectivity index (χ0) is 13.1. The van der Waals surface area contributed by atoms with Gasteiger partial charge in [0.25, 0.3) is 0 Å². The van der Waals surface area contributed by atoms with Gasteiger partial charge in [0, 0.05) is 24.0 Å². The van der Waals surface area contributed by atoms with Gasteiger partial charge in [0.15, 0.2) is 5.78 Å². The lowest BCUT2D eigenvalue weighted by Crippen LogP contribution is -2.12. The summed E-state index contributed by atoms with van der Waals surface area (Å²) < 4.78 is 5.13. The molecule has 0 amide bonds. The quantitative estimate of drug-likeness (QED) is 0.817. The lowest BCUT2D eigenvalue weighted by Gasteiger charge is -2.15. The number of allylic oxidation sites excluding steroid dienone is 1. The number of hydrogen-bond donors (Lipinski definition) is 0. The average molecular weight is 243 g/mol. The van der Waals surface area contributed by atoms with Crippen LogP contribution in [0.1, 0.15) is 13.8 Å². The second kappa shape index (κ2) is 5.08. The summed E-state index contributed by atoms with van der Waals surface area (Å²) in [6.45, 7) is 4.31. The molecule has 1 heterocycles. The number of carbonyl (C=O) groups excluding carboxylic acids is 1. The van der Waals surface area contributed by atoms with Crippen molar-refractivity contribution < 1.29 is 9.53 Å². The second-order valence-corrected chi connectivity index (χ2v) is 4.24. The van der Waals surface area contributed by atoms with Gasteiger partial charge in [0.05, 0.1) is 7.11 Å². The first-order valence-electron chi connectivity index (χ1n) is 5.94. The molecule has 3 nitrogen and oxygen atoms in total. The molecular weight excluding hydrogens is 226 g/mol. The van der Waals surface area contributed by atoms with Gasteiger partial charge in [-0.2, -0.15) is 0 Å². The monoisotopic (exact) mass is 243 g/mol. The number of ether oxygens (including phenoxy) is 1. The molecule has 0 aromatic heterocycles. The Kier molecular flexibility index (Phi) is 3.51. The topological polar surface area (TPSA) is 29.5 Å².